The van der Waals surface area contributed by atoms with Gasteiger partial charge in [0.25, 0.3) is 0 Å². The molecule has 7 nitrogen and oxygen atoms in total. The molecule has 0 aliphatic heterocycles. The Morgan fingerprint density at radius 1 is 1.04 bits per heavy atom. The van der Waals surface area contributed by atoms with Gasteiger partial charge in [-0.15, -0.1) is 0 Å². The van der Waals surface area contributed by atoms with E-state index >= 15 is 0 Å². The molecule has 3 aromatic rings. The highest BCUT2D eigenvalue weighted by Crippen LogP contribution is 2.30. The first kappa shape index (κ1) is 14.8. The number of aromatic nitrogens is 3. The third-order valence-electron chi connectivity index (χ3n) is 2.83. The Morgan fingerprint density at radius 2 is 1.70 bits per heavy atom. The van der Waals surface area contributed by atoms with E-state index in [0.717, 1.165) is 0 Å². The molecule has 2 heterocycles. The minimum Gasteiger partial charge on any atom is -0.475 e. The first-order valence-electron chi connectivity index (χ1n) is 6.06. The number of alkyl halides is 3. The number of aromatic carboxylic acids is 1. The fourth-order valence-electron chi connectivity index (χ4n) is 1.76. The Balaban J connectivity index is 1.87. The van der Waals surface area contributed by atoms with Crippen molar-refractivity contribution in [3.05, 3.63) is 42.0 Å². The summed E-state index contributed by atoms with van der Waals surface area (Å²) in [5.74, 6) is -3.22. The summed E-state index contributed by atoms with van der Waals surface area (Å²) in [6, 6.07) is 7.17. The second-order valence-corrected chi connectivity index (χ2v) is 4.38. The highest BCUT2D eigenvalue weighted by atomic mass is 19.4. The molecule has 0 unspecified atom stereocenters. The predicted molar refractivity (Wildman–Crippen MR) is 67.2 cm³/mol. The molecule has 0 fully saturated rings. The van der Waals surface area contributed by atoms with E-state index in [1.54, 1.807) is 0 Å². The summed E-state index contributed by atoms with van der Waals surface area (Å²) in [5.41, 5.74) is 1.09. The van der Waals surface area contributed by atoms with Crippen LogP contribution in [-0.4, -0.2) is 26.4 Å². The van der Waals surface area contributed by atoms with Crippen LogP contribution in [0.5, 0.6) is 0 Å². The van der Waals surface area contributed by atoms with Gasteiger partial charge in [0.05, 0.1) is 0 Å². The highest BCUT2D eigenvalue weighted by Gasteiger charge is 2.38. The van der Waals surface area contributed by atoms with Crippen LogP contribution in [-0.2, 0) is 6.18 Å². The van der Waals surface area contributed by atoms with Crippen LogP contribution >= 0.6 is 0 Å². The largest absolute Gasteiger partial charge is 0.475 e. The summed E-state index contributed by atoms with van der Waals surface area (Å²) in [5, 5.41) is 15.6. The number of halogens is 3. The third-order valence-corrected chi connectivity index (χ3v) is 2.83. The van der Waals surface area contributed by atoms with E-state index in [1.165, 1.54) is 30.3 Å². The molecule has 0 bridgehead atoms. The molecule has 3 rings (SSSR count). The van der Waals surface area contributed by atoms with E-state index in [4.69, 9.17) is 5.11 Å². The fraction of sp³-hybridized carbons (Fsp3) is 0.0769. The van der Waals surface area contributed by atoms with E-state index < -0.39 is 18.0 Å². The number of carboxylic acids is 1. The fourth-order valence-corrected chi connectivity index (χ4v) is 1.76. The van der Waals surface area contributed by atoms with Gasteiger partial charge in [-0.2, -0.15) is 18.2 Å². The third kappa shape index (κ3) is 2.91. The standard InChI is InChI=1S/C13H6F3N3O4/c14-13(15,16)12-17-10(19-23-12)7-3-1-6(2-4-7)8-5-9(11(20)21)22-18-8/h1-5H,(H,20,21). The van der Waals surface area contributed by atoms with Crippen molar-refractivity contribution in [2.45, 2.75) is 6.18 Å². The number of hydrogen-bond donors (Lipinski definition) is 1. The molecule has 0 aliphatic carbocycles. The van der Waals surface area contributed by atoms with Crippen molar-refractivity contribution in [3.8, 4) is 22.6 Å². The van der Waals surface area contributed by atoms with E-state index in [2.05, 4.69) is 24.3 Å². The normalized spacial score (nSPS) is 11.6. The van der Waals surface area contributed by atoms with Crippen LogP contribution in [0, 0.1) is 0 Å². The van der Waals surface area contributed by atoms with E-state index in [0.29, 0.717) is 11.1 Å². The van der Waals surface area contributed by atoms with Crippen molar-refractivity contribution in [1.29, 1.82) is 0 Å². The molecule has 0 atom stereocenters. The van der Waals surface area contributed by atoms with Crippen LogP contribution in [0.15, 0.2) is 39.4 Å². The van der Waals surface area contributed by atoms with Gasteiger partial charge in [-0.25, -0.2) is 4.79 Å². The first-order chi connectivity index (χ1) is 10.8. The molecule has 1 aromatic carbocycles. The number of hydrogen-bond acceptors (Lipinski definition) is 6. The zero-order valence-corrected chi connectivity index (χ0v) is 11.0. The minimum atomic E-state index is -4.71. The second-order valence-electron chi connectivity index (χ2n) is 4.38. The van der Waals surface area contributed by atoms with Crippen LogP contribution in [0.25, 0.3) is 22.6 Å². The lowest BCUT2D eigenvalue weighted by Gasteiger charge is -1.98. The second kappa shape index (κ2) is 5.23. The molecule has 0 spiro atoms. The predicted octanol–water partition coefficient (Wildman–Crippen LogP) is 3.11. The minimum absolute atomic E-state index is 0.213. The van der Waals surface area contributed by atoms with E-state index in [-0.39, 0.29) is 17.3 Å². The summed E-state index contributed by atoms with van der Waals surface area (Å²) in [4.78, 5) is 14.0. The Kier molecular flexibility index (Phi) is 3.36. The lowest BCUT2D eigenvalue weighted by molar-refractivity contribution is -0.159. The average molecular weight is 325 g/mol. The maximum absolute atomic E-state index is 12.4. The molecule has 0 amide bonds. The zero-order valence-electron chi connectivity index (χ0n) is 11.0. The molecule has 0 aliphatic rings. The van der Waals surface area contributed by atoms with Crippen LogP contribution in [0.4, 0.5) is 13.2 Å². The Hall–Kier alpha value is -3.17. The lowest BCUT2D eigenvalue weighted by Crippen LogP contribution is -2.04. The monoisotopic (exact) mass is 325 g/mol. The maximum Gasteiger partial charge on any atom is 0.471 e. The highest BCUT2D eigenvalue weighted by molar-refractivity contribution is 5.85. The molecule has 0 saturated heterocycles. The molecule has 10 heteroatoms. The van der Waals surface area contributed by atoms with Crippen molar-refractivity contribution in [3.63, 3.8) is 0 Å². The number of carbonyl (C=O) groups is 1. The van der Waals surface area contributed by atoms with Gasteiger partial charge in [-0.1, -0.05) is 34.6 Å². The smallest absolute Gasteiger partial charge is 0.471 e. The van der Waals surface area contributed by atoms with Gasteiger partial charge in [-0.3, -0.25) is 0 Å². The SMILES string of the molecule is O=C(O)c1cc(-c2ccc(-c3noc(C(F)(F)F)n3)cc2)no1. The van der Waals surface area contributed by atoms with Crippen molar-refractivity contribution < 1.29 is 32.1 Å². The van der Waals surface area contributed by atoms with Gasteiger partial charge in [-0.05, 0) is 0 Å². The van der Waals surface area contributed by atoms with Gasteiger partial charge in [0, 0.05) is 17.2 Å². The Morgan fingerprint density at radius 3 is 2.22 bits per heavy atom. The van der Waals surface area contributed by atoms with Gasteiger partial charge in [0.1, 0.15) is 5.69 Å². The summed E-state index contributed by atoms with van der Waals surface area (Å²) in [6.45, 7) is 0. The van der Waals surface area contributed by atoms with Crippen molar-refractivity contribution in [1.82, 2.24) is 15.3 Å². The Labute approximate surface area is 125 Å². The van der Waals surface area contributed by atoms with E-state index in [1.807, 2.05) is 0 Å². The van der Waals surface area contributed by atoms with Gasteiger partial charge in [0.2, 0.25) is 11.6 Å². The van der Waals surface area contributed by atoms with Crippen molar-refractivity contribution >= 4 is 5.97 Å². The van der Waals surface area contributed by atoms with Crippen molar-refractivity contribution in [2.75, 3.05) is 0 Å². The Bertz CT molecular complexity index is 852. The zero-order chi connectivity index (χ0) is 16.6. The summed E-state index contributed by atoms with van der Waals surface area (Å²) in [6.07, 6.45) is -4.71. The molecular weight excluding hydrogens is 319 g/mol. The van der Waals surface area contributed by atoms with Crippen molar-refractivity contribution in [2.24, 2.45) is 0 Å². The van der Waals surface area contributed by atoms with Crippen LogP contribution < -0.4 is 0 Å². The van der Waals surface area contributed by atoms with Crippen LogP contribution in [0.2, 0.25) is 0 Å². The molecule has 2 aromatic heterocycles. The molecule has 1 N–H and O–H groups in total. The molecule has 23 heavy (non-hydrogen) atoms. The summed E-state index contributed by atoms with van der Waals surface area (Å²) < 4.78 is 46.0. The van der Waals surface area contributed by atoms with Gasteiger partial charge >= 0.3 is 18.0 Å². The lowest BCUT2D eigenvalue weighted by atomic mass is 10.1. The number of carboxylic acid groups (broad SMARTS) is 1. The topological polar surface area (TPSA) is 102 Å². The molecule has 0 radical (unpaired) electrons. The molecule has 118 valence electrons. The van der Waals surface area contributed by atoms with Crippen LogP contribution in [0.1, 0.15) is 16.4 Å². The average Bonchev–Trinajstić information content (AvgIpc) is 3.16. The molecular formula is C13H6F3N3O4. The number of rotatable bonds is 3. The first-order valence-corrected chi connectivity index (χ1v) is 6.06. The maximum atomic E-state index is 12.4. The number of nitrogens with zero attached hydrogens (tertiary/aromatic N) is 3. The summed E-state index contributed by atoms with van der Waals surface area (Å²) >= 11 is 0. The van der Waals surface area contributed by atoms with Gasteiger partial charge < -0.3 is 14.2 Å². The number of benzene rings is 1. The van der Waals surface area contributed by atoms with Gasteiger partial charge in [0.15, 0.2) is 0 Å². The molecule has 0 saturated carbocycles. The van der Waals surface area contributed by atoms with E-state index in [9.17, 15) is 18.0 Å². The van der Waals surface area contributed by atoms with Crippen LogP contribution in [0.3, 0.4) is 0 Å². The quantitative estimate of drug-likeness (QED) is 0.789. The summed E-state index contributed by atoms with van der Waals surface area (Å²) in [7, 11) is 0.